The van der Waals surface area contributed by atoms with Crippen molar-refractivity contribution in [2.75, 3.05) is 47.2 Å². The van der Waals surface area contributed by atoms with Crippen LogP contribution in [0.25, 0.3) is 0 Å². The number of aldehydes is 1. The maximum atomic E-state index is 13.7. The quantitative estimate of drug-likeness (QED) is 0.0628. The standard InChI is InChI=1S/C44H58N2O11/c1-5-22-54-44-39(46(3)43(50)52-6-2)27-36(45-57-40-15-9-12-23-53-40)34-25-29(13-7-10-20-47)33(14-8-11-21-48)41(42(34)44)35-26-32(17-19-38(35)56-44)55-31-16-18-37(51-4)30(24-31)28-49/h5,16-19,24-26,28-29,33,39-42,47-48H,1,6-15,20-23,27H2,2-4H3. The highest BCUT2D eigenvalue weighted by Crippen LogP contribution is 2.62. The monoisotopic (exact) mass is 790 g/mol. The van der Waals surface area contributed by atoms with E-state index in [1.807, 2.05) is 18.2 Å². The van der Waals surface area contributed by atoms with Gasteiger partial charge in [-0.3, -0.25) is 4.79 Å². The van der Waals surface area contributed by atoms with Crippen LogP contribution in [0.2, 0.25) is 0 Å². The Morgan fingerprint density at radius 3 is 2.54 bits per heavy atom. The largest absolute Gasteiger partial charge is 0.496 e. The highest BCUT2D eigenvalue weighted by Gasteiger charge is 2.65. The number of fused-ring (bicyclic) bond motifs is 2. The van der Waals surface area contributed by atoms with Crippen LogP contribution in [0.5, 0.6) is 23.0 Å². The van der Waals surface area contributed by atoms with Crippen LogP contribution < -0.4 is 14.2 Å². The number of benzene rings is 2. The number of likely N-dealkylation sites (N-methyl/N-ethyl adjacent to an activating group) is 1. The third kappa shape index (κ3) is 9.17. The summed E-state index contributed by atoms with van der Waals surface area (Å²) in [6.07, 6.45) is 11.1. The number of hydrogen-bond donors (Lipinski definition) is 2. The number of ether oxygens (including phenoxy) is 6. The van der Waals surface area contributed by atoms with E-state index in [1.165, 1.54) is 7.11 Å². The van der Waals surface area contributed by atoms with Gasteiger partial charge in [-0.2, -0.15) is 0 Å². The number of oxime groups is 1. The summed E-state index contributed by atoms with van der Waals surface area (Å²) in [6.45, 7) is 6.85. The molecule has 2 aliphatic heterocycles. The lowest BCUT2D eigenvalue weighted by Crippen LogP contribution is -2.69. The van der Waals surface area contributed by atoms with E-state index >= 15 is 0 Å². The molecule has 0 bridgehead atoms. The number of hydrogen-bond acceptors (Lipinski definition) is 12. The second kappa shape index (κ2) is 19.8. The van der Waals surface area contributed by atoms with Crippen molar-refractivity contribution >= 4 is 18.1 Å². The Balaban J connectivity index is 1.55. The van der Waals surface area contributed by atoms with Gasteiger partial charge in [0.1, 0.15) is 29.0 Å². The van der Waals surface area contributed by atoms with Crippen LogP contribution >= 0.6 is 0 Å². The highest BCUT2D eigenvalue weighted by molar-refractivity contribution is 6.03. The molecule has 2 fully saturated rings. The van der Waals surface area contributed by atoms with Crippen LogP contribution in [-0.4, -0.2) is 98.5 Å². The molecule has 1 saturated carbocycles. The fourth-order valence-electron chi connectivity index (χ4n) is 9.06. The number of aliphatic hydroxyl groups excluding tert-OH is 2. The van der Waals surface area contributed by atoms with Gasteiger partial charge in [0, 0.05) is 44.6 Å². The number of carbonyl (C=O) groups excluding carboxylic acids is 2. The molecule has 7 unspecified atom stereocenters. The van der Waals surface area contributed by atoms with Gasteiger partial charge in [0.15, 0.2) is 6.29 Å². The molecule has 0 spiro atoms. The lowest BCUT2D eigenvalue weighted by Gasteiger charge is -2.59. The number of unbranched alkanes of at least 4 members (excludes halogenated alkanes) is 2. The summed E-state index contributed by atoms with van der Waals surface area (Å²) in [5, 5.41) is 24.6. The van der Waals surface area contributed by atoms with E-state index in [-0.39, 0.29) is 50.6 Å². The van der Waals surface area contributed by atoms with E-state index in [9.17, 15) is 19.8 Å². The fraction of sp³-hybridized carbons (Fsp3) is 0.568. The molecule has 2 heterocycles. The Hall–Kier alpha value is -4.43. The molecule has 1 saturated heterocycles. The minimum atomic E-state index is -1.40. The molecule has 1 amide bonds. The van der Waals surface area contributed by atoms with Gasteiger partial charge in [-0.25, -0.2) is 4.79 Å². The van der Waals surface area contributed by atoms with Gasteiger partial charge < -0.3 is 48.4 Å². The SMILES string of the molecule is C=CCOC12Oc3ccc(Oc4ccc(OC)c(C=O)c4)cc3C3C(CCCCO)C(CCCCO)C=C(C(=NOC4CCCCO4)CC1N(C)C(=O)OCC)C32. The molecule has 13 nitrogen and oxygen atoms in total. The van der Waals surface area contributed by atoms with Crippen molar-refractivity contribution in [3.05, 3.63) is 71.8 Å². The fourth-order valence-corrected chi connectivity index (χ4v) is 9.06. The first-order valence-electron chi connectivity index (χ1n) is 20.4. The first-order valence-corrected chi connectivity index (χ1v) is 20.4. The molecular weight excluding hydrogens is 732 g/mol. The van der Waals surface area contributed by atoms with Crippen LogP contribution in [-0.2, 0) is 19.0 Å². The molecule has 2 aliphatic carbocycles. The van der Waals surface area contributed by atoms with Crippen molar-refractivity contribution in [1.29, 1.82) is 0 Å². The molecule has 0 aromatic heterocycles. The zero-order valence-corrected chi connectivity index (χ0v) is 33.4. The van der Waals surface area contributed by atoms with Crippen LogP contribution in [0.1, 0.15) is 93.0 Å². The van der Waals surface area contributed by atoms with Crippen LogP contribution in [0.4, 0.5) is 4.79 Å². The average Bonchev–Trinajstić information content (AvgIpc) is 3.23. The van der Waals surface area contributed by atoms with Crippen LogP contribution in [0, 0.1) is 17.8 Å². The predicted molar refractivity (Wildman–Crippen MR) is 213 cm³/mol. The molecule has 2 aromatic rings. The number of rotatable bonds is 19. The number of nitrogens with zero attached hydrogens (tertiary/aromatic N) is 2. The van der Waals surface area contributed by atoms with E-state index in [4.69, 9.17) is 38.4 Å². The molecule has 0 radical (unpaired) electrons. The predicted octanol–water partition coefficient (Wildman–Crippen LogP) is 7.55. The lowest BCUT2D eigenvalue weighted by atomic mass is 9.55. The van der Waals surface area contributed by atoms with Crippen molar-refractivity contribution in [3.8, 4) is 23.0 Å². The first-order chi connectivity index (χ1) is 27.8. The van der Waals surface area contributed by atoms with Crippen molar-refractivity contribution in [3.63, 3.8) is 0 Å². The summed E-state index contributed by atoms with van der Waals surface area (Å²) < 4.78 is 37.3. The summed E-state index contributed by atoms with van der Waals surface area (Å²) in [6, 6.07) is 10.1. The van der Waals surface area contributed by atoms with Gasteiger partial charge in [-0.15, -0.1) is 6.58 Å². The van der Waals surface area contributed by atoms with Gasteiger partial charge in [-0.05, 0) is 99.3 Å². The van der Waals surface area contributed by atoms with Crippen LogP contribution in [0.3, 0.4) is 0 Å². The molecule has 2 aromatic carbocycles. The Bertz CT molecular complexity index is 1760. The smallest absolute Gasteiger partial charge is 0.409 e. The van der Waals surface area contributed by atoms with Gasteiger partial charge in [-0.1, -0.05) is 30.1 Å². The average molecular weight is 791 g/mol. The first kappa shape index (κ1) is 42.2. The van der Waals surface area contributed by atoms with E-state index in [2.05, 4.69) is 12.7 Å². The molecule has 2 N–H and O–H groups in total. The van der Waals surface area contributed by atoms with Crippen molar-refractivity contribution in [2.24, 2.45) is 22.9 Å². The number of allylic oxidation sites excluding steroid dienone is 1. The molecule has 4 aliphatic rings. The Morgan fingerprint density at radius 2 is 1.84 bits per heavy atom. The van der Waals surface area contributed by atoms with Gasteiger partial charge in [0.2, 0.25) is 12.1 Å². The number of amides is 1. The second-order valence-corrected chi connectivity index (χ2v) is 15.1. The van der Waals surface area contributed by atoms with Gasteiger partial charge in [0.05, 0.1) is 44.1 Å². The molecule has 7 atom stereocenters. The third-order valence-electron chi connectivity index (χ3n) is 11.7. The number of methoxy groups -OCH3 is 1. The maximum absolute atomic E-state index is 13.7. The number of aliphatic hydroxyl groups is 2. The van der Waals surface area contributed by atoms with Crippen molar-refractivity contribution in [2.45, 2.75) is 95.2 Å². The Labute approximate surface area is 335 Å². The highest BCUT2D eigenvalue weighted by atomic mass is 16.8. The summed E-state index contributed by atoms with van der Waals surface area (Å²) in [5.74, 6) is 0.0193. The molecule has 57 heavy (non-hydrogen) atoms. The Kier molecular flexibility index (Phi) is 14.7. The summed E-state index contributed by atoms with van der Waals surface area (Å²) in [4.78, 5) is 33.2. The van der Waals surface area contributed by atoms with E-state index < -0.39 is 30.1 Å². The number of carbonyl (C=O) groups is 2. The zero-order chi connectivity index (χ0) is 40.4. The van der Waals surface area contributed by atoms with Crippen LogP contribution in [0.15, 0.2) is 65.9 Å². The molecular formula is C44H58N2O11. The topological polar surface area (TPSA) is 155 Å². The third-order valence-corrected chi connectivity index (χ3v) is 11.7. The summed E-state index contributed by atoms with van der Waals surface area (Å²) in [7, 11) is 3.21. The Morgan fingerprint density at radius 1 is 1.07 bits per heavy atom. The molecule has 6 rings (SSSR count). The molecule has 13 heteroatoms. The van der Waals surface area contributed by atoms with Gasteiger partial charge in [0.25, 0.3) is 0 Å². The summed E-state index contributed by atoms with van der Waals surface area (Å²) in [5.41, 5.74) is 2.87. The van der Waals surface area contributed by atoms with E-state index in [0.717, 1.165) is 62.4 Å². The van der Waals surface area contributed by atoms with E-state index in [1.54, 1.807) is 43.1 Å². The minimum Gasteiger partial charge on any atom is -0.496 e. The minimum absolute atomic E-state index is 0.0340. The maximum Gasteiger partial charge on any atom is 0.409 e. The van der Waals surface area contributed by atoms with E-state index in [0.29, 0.717) is 53.7 Å². The van der Waals surface area contributed by atoms with Gasteiger partial charge >= 0.3 is 6.09 Å². The lowest BCUT2D eigenvalue weighted by molar-refractivity contribution is -0.254. The van der Waals surface area contributed by atoms with Crippen molar-refractivity contribution < 1.29 is 53.1 Å². The van der Waals surface area contributed by atoms with Crippen molar-refractivity contribution in [1.82, 2.24) is 4.90 Å². The molecule has 310 valence electrons. The summed E-state index contributed by atoms with van der Waals surface area (Å²) >= 11 is 0. The zero-order valence-electron chi connectivity index (χ0n) is 33.4. The second-order valence-electron chi connectivity index (χ2n) is 15.1. The normalized spacial score (nSPS) is 26.9.